The minimum Gasteiger partial charge on any atom is -0.510 e. The van der Waals surface area contributed by atoms with Crippen LogP contribution in [0.5, 0.6) is 5.75 Å². The first-order chi connectivity index (χ1) is 20.1. The summed E-state index contributed by atoms with van der Waals surface area (Å²) in [5.74, 6) is -8.99. The van der Waals surface area contributed by atoms with E-state index < -0.39 is 75.4 Å². The summed E-state index contributed by atoms with van der Waals surface area (Å²) in [6, 6.07) is 3.45. The third-order valence-corrected chi connectivity index (χ3v) is 8.59. The highest BCUT2D eigenvalue weighted by Crippen LogP contribution is 2.54. The number of fused-ring (bicyclic) bond motifs is 3. The van der Waals surface area contributed by atoms with E-state index in [1.807, 2.05) is 0 Å². The quantitative estimate of drug-likeness (QED) is 0.213. The topological polar surface area (TPSA) is 177 Å². The average molecular weight is 599 g/mol. The number of phenols is 1. The van der Waals surface area contributed by atoms with Crippen molar-refractivity contribution in [3.05, 3.63) is 75.3 Å². The highest BCUT2D eigenvalue weighted by Gasteiger charge is 2.63. The first-order valence-corrected chi connectivity index (χ1v) is 13.5. The number of carbonyl (C=O) groups is 3. The molecule has 0 spiro atoms. The molecule has 0 saturated heterocycles. The third kappa shape index (κ3) is 4.50. The van der Waals surface area contributed by atoms with E-state index in [0.717, 1.165) is 18.2 Å². The molecule has 228 valence electrons. The molecule has 4 atom stereocenters. The Kier molecular flexibility index (Phi) is 7.22. The van der Waals surface area contributed by atoms with Gasteiger partial charge in [-0.2, -0.15) is 0 Å². The summed E-state index contributed by atoms with van der Waals surface area (Å²) in [4.78, 5) is 42.9. The molecule has 0 aromatic heterocycles. The van der Waals surface area contributed by atoms with Crippen LogP contribution in [0.2, 0.25) is 0 Å². The van der Waals surface area contributed by atoms with Crippen LogP contribution in [0, 0.1) is 23.5 Å². The zero-order chi connectivity index (χ0) is 31.7. The Labute approximate surface area is 245 Å². The molecular weight excluding hydrogens is 566 g/mol. The number of halogens is 2. The fourth-order valence-electron chi connectivity index (χ4n) is 6.74. The fourth-order valence-corrected chi connectivity index (χ4v) is 6.74. The molecule has 0 heterocycles. The molecule has 3 aliphatic carbocycles. The first kappa shape index (κ1) is 30.0. The van der Waals surface area contributed by atoms with Gasteiger partial charge in [0.25, 0.3) is 5.91 Å². The minimum atomic E-state index is -2.75. The summed E-state index contributed by atoms with van der Waals surface area (Å²) >= 11 is 0. The second kappa shape index (κ2) is 10.3. The van der Waals surface area contributed by atoms with Gasteiger partial charge in [-0.15, -0.1) is 0 Å². The Morgan fingerprint density at radius 3 is 2.26 bits per heavy atom. The lowest BCUT2D eigenvalue weighted by Crippen LogP contribution is -2.63. The second-order valence-corrected chi connectivity index (χ2v) is 11.6. The van der Waals surface area contributed by atoms with E-state index in [4.69, 9.17) is 5.73 Å². The van der Waals surface area contributed by atoms with E-state index in [1.54, 1.807) is 39.2 Å². The maximum Gasteiger partial charge on any atom is 0.255 e. The highest BCUT2D eigenvalue weighted by atomic mass is 19.1. The zero-order valence-electron chi connectivity index (χ0n) is 23.9. The molecule has 0 bridgehead atoms. The molecule has 43 heavy (non-hydrogen) atoms. The van der Waals surface area contributed by atoms with Crippen LogP contribution in [0.4, 0.5) is 20.2 Å². The summed E-state index contributed by atoms with van der Waals surface area (Å²) in [6.07, 6.45) is 0.0789. The first-order valence-electron chi connectivity index (χ1n) is 13.5. The van der Waals surface area contributed by atoms with Gasteiger partial charge in [-0.3, -0.25) is 19.3 Å². The Morgan fingerprint density at radius 2 is 1.70 bits per heavy atom. The van der Waals surface area contributed by atoms with E-state index in [2.05, 4.69) is 5.32 Å². The van der Waals surface area contributed by atoms with Crippen molar-refractivity contribution in [2.75, 3.05) is 38.4 Å². The Balaban J connectivity index is 1.64. The van der Waals surface area contributed by atoms with Crippen molar-refractivity contribution in [1.29, 1.82) is 0 Å². The molecule has 0 radical (unpaired) electrons. The van der Waals surface area contributed by atoms with Crippen LogP contribution in [0.15, 0.2) is 46.9 Å². The summed E-state index contributed by atoms with van der Waals surface area (Å²) in [5, 5.41) is 48.3. The normalized spacial score (nSPS) is 25.0. The van der Waals surface area contributed by atoms with Gasteiger partial charge in [0.05, 0.1) is 17.3 Å². The Bertz CT molecular complexity index is 1630. The second-order valence-electron chi connectivity index (χ2n) is 11.6. The number of hydrogen-bond acceptors (Lipinski definition) is 10. The number of Topliss-reactive ketones (excluding diaryl/α,β-unsaturated/α-hetero) is 2. The number of phenolic OH excluding ortho intramolecular Hbond substituents is 1. The lowest BCUT2D eigenvalue weighted by Gasteiger charge is -2.50. The SMILES string of the molecule is CN(C)c1cc(NCc2cc(F)cc(F)c2)c(O)c2c1C[C@H]1C[C@@H]3[C@H](N(C)C)C(O)=C(C(N)=O)C(=O)[C@]3(O)C(O)=C1C2=O. The molecule has 1 amide bonds. The standard InChI is InChI=1S/C30H32F2N4O7/c1-35(2)19-10-18(34-11-12-5-14(31)9-15(32)6-12)24(37)21-16(19)7-13-8-17-23(36(3)4)26(39)22(29(33)42)28(41)30(17,43)27(40)20(13)25(21)38/h5-6,9-10,13,17,23,34,37,39-40,43H,7-8,11H2,1-4H3,(H2,33,42)/t13-,17+,23-,30+/m0/s1. The van der Waals surface area contributed by atoms with Gasteiger partial charge in [0, 0.05) is 43.9 Å². The molecule has 2 aromatic carbocycles. The summed E-state index contributed by atoms with van der Waals surface area (Å²) in [6.45, 7) is -0.105. The van der Waals surface area contributed by atoms with Crippen molar-refractivity contribution in [1.82, 2.24) is 4.90 Å². The average Bonchev–Trinajstić information content (AvgIpc) is 2.89. The van der Waals surface area contributed by atoms with Crippen molar-refractivity contribution in [3.8, 4) is 5.75 Å². The number of primary amides is 1. The van der Waals surface area contributed by atoms with Crippen LogP contribution in [0.1, 0.15) is 27.9 Å². The molecule has 7 N–H and O–H groups in total. The van der Waals surface area contributed by atoms with Gasteiger partial charge in [0.15, 0.2) is 11.4 Å². The smallest absolute Gasteiger partial charge is 0.255 e. The van der Waals surface area contributed by atoms with Crippen LogP contribution in [0.25, 0.3) is 0 Å². The van der Waals surface area contributed by atoms with Crippen LogP contribution >= 0.6 is 0 Å². The molecule has 5 rings (SSSR count). The van der Waals surface area contributed by atoms with Crippen molar-refractivity contribution in [2.24, 2.45) is 17.6 Å². The number of ketones is 2. The summed E-state index contributed by atoms with van der Waals surface area (Å²) < 4.78 is 27.4. The number of carbonyl (C=O) groups excluding carboxylic acids is 3. The van der Waals surface area contributed by atoms with Gasteiger partial charge in [-0.05, 0) is 62.2 Å². The molecule has 0 unspecified atom stereocenters. The minimum absolute atomic E-state index is 0.0372. The predicted octanol–water partition coefficient (Wildman–Crippen LogP) is 2.08. The molecular formula is C30H32F2N4O7. The number of rotatable bonds is 6. The Morgan fingerprint density at radius 1 is 1.07 bits per heavy atom. The number of aliphatic hydroxyl groups is 3. The van der Waals surface area contributed by atoms with E-state index in [0.29, 0.717) is 11.3 Å². The van der Waals surface area contributed by atoms with Crippen LogP contribution in [0.3, 0.4) is 0 Å². The van der Waals surface area contributed by atoms with E-state index in [1.165, 1.54) is 4.90 Å². The third-order valence-electron chi connectivity index (χ3n) is 8.59. The van der Waals surface area contributed by atoms with Gasteiger partial charge in [-0.25, -0.2) is 8.78 Å². The number of aliphatic hydroxyl groups excluding tert-OH is 2. The van der Waals surface area contributed by atoms with Gasteiger partial charge in [0.1, 0.15) is 34.5 Å². The molecule has 0 saturated carbocycles. The monoisotopic (exact) mass is 598 g/mol. The van der Waals surface area contributed by atoms with Gasteiger partial charge < -0.3 is 36.4 Å². The number of anilines is 2. The highest BCUT2D eigenvalue weighted by molar-refractivity contribution is 6.25. The van der Waals surface area contributed by atoms with Crippen LogP contribution < -0.4 is 16.0 Å². The lowest BCUT2D eigenvalue weighted by molar-refractivity contribution is -0.148. The number of hydrogen-bond donors (Lipinski definition) is 6. The predicted molar refractivity (Wildman–Crippen MR) is 152 cm³/mol. The number of aromatic hydroxyl groups is 1. The number of likely N-dealkylation sites (N-methyl/N-ethyl adjacent to an activating group) is 1. The summed E-state index contributed by atoms with van der Waals surface area (Å²) in [7, 11) is 6.56. The van der Waals surface area contributed by atoms with Gasteiger partial charge in [-0.1, -0.05) is 0 Å². The fraction of sp³-hybridized carbons (Fsp3) is 0.367. The molecule has 2 aromatic rings. The Hall–Kier alpha value is -4.49. The number of amides is 1. The maximum atomic E-state index is 14.1. The number of benzene rings is 2. The van der Waals surface area contributed by atoms with Crippen molar-refractivity contribution in [2.45, 2.75) is 31.0 Å². The largest absolute Gasteiger partial charge is 0.510 e. The van der Waals surface area contributed by atoms with Gasteiger partial charge >= 0.3 is 0 Å². The van der Waals surface area contributed by atoms with Gasteiger partial charge in [0.2, 0.25) is 5.78 Å². The number of nitrogens with two attached hydrogens (primary N) is 1. The number of nitrogens with one attached hydrogen (secondary N) is 1. The van der Waals surface area contributed by atoms with Crippen molar-refractivity contribution >= 4 is 28.8 Å². The van der Waals surface area contributed by atoms with Crippen molar-refractivity contribution < 1.29 is 43.6 Å². The molecule has 3 aliphatic rings. The summed E-state index contributed by atoms with van der Waals surface area (Å²) in [5.41, 5.74) is 2.56. The zero-order valence-corrected chi connectivity index (χ0v) is 23.9. The molecule has 11 nitrogen and oxygen atoms in total. The van der Waals surface area contributed by atoms with E-state index >= 15 is 0 Å². The molecule has 0 fully saturated rings. The lowest BCUT2D eigenvalue weighted by atomic mass is 9.58. The van der Waals surface area contributed by atoms with Crippen molar-refractivity contribution in [3.63, 3.8) is 0 Å². The number of allylic oxidation sites excluding steroid dienone is 1. The molecule has 13 heteroatoms. The maximum absolute atomic E-state index is 14.1. The van der Waals surface area contributed by atoms with Crippen LogP contribution in [-0.2, 0) is 22.6 Å². The van der Waals surface area contributed by atoms with Crippen LogP contribution in [-0.4, -0.2) is 82.6 Å². The van der Waals surface area contributed by atoms with E-state index in [9.17, 15) is 43.6 Å². The molecule has 0 aliphatic heterocycles. The van der Waals surface area contributed by atoms with E-state index in [-0.39, 0.29) is 41.8 Å². The number of nitrogens with zero attached hydrogens (tertiary/aromatic N) is 2.